The summed E-state index contributed by atoms with van der Waals surface area (Å²) in [6, 6.07) is 22.6. The first-order valence-electron chi connectivity index (χ1n) is 11.7. The average Bonchev–Trinajstić information content (AvgIpc) is 2.90. The molecule has 8 heteroatoms. The van der Waals surface area contributed by atoms with E-state index in [1.165, 1.54) is 30.3 Å². The number of nitro groups is 1. The van der Waals surface area contributed by atoms with Crippen molar-refractivity contribution in [2.24, 2.45) is 5.10 Å². The smallest absolute Gasteiger partial charge is 0.271 e. The number of nitro benzene ring substituents is 1. The molecule has 1 aliphatic rings. The number of nitrogens with zero attached hydrogens (tertiary/aromatic N) is 3. The number of carbonyl (C=O) groups is 1. The maximum absolute atomic E-state index is 12.6. The summed E-state index contributed by atoms with van der Waals surface area (Å²) in [4.78, 5) is 25.6. The molecule has 35 heavy (non-hydrogen) atoms. The van der Waals surface area contributed by atoms with Crippen molar-refractivity contribution in [3.05, 3.63) is 105 Å². The van der Waals surface area contributed by atoms with Gasteiger partial charge in [0.2, 0.25) is 0 Å². The van der Waals surface area contributed by atoms with Gasteiger partial charge in [-0.05, 0) is 48.6 Å². The second-order valence-corrected chi connectivity index (χ2v) is 9.41. The van der Waals surface area contributed by atoms with Crippen molar-refractivity contribution >= 4 is 35.3 Å². The Morgan fingerprint density at radius 2 is 1.66 bits per heavy atom. The Morgan fingerprint density at radius 3 is 2.34 bits per heavy atom. The van der Waals surface area contributed by atoms with Crippen LogP contribution in [-0.4, -0.2) is 30.1 Å². The van der Waals surface area contributed by atoms with Crippen LogP contribution in [0.4, 0.5) is 11.4 Å². The third kappa shape index (κ3) is 6.93. The molecule has 4 rings (SSSR count). The lowest BCUT2D eigenvalue weighted by molar-refractivity contribution is -0.384. The molecule has 1 saturated heterocycles. The Labute approximate surface area is 209 Å². The lowest BCUT2D eigenvalue weighted by atomic mass is 10.1. The van der Waals surface area contributed by atoms with Crippen LogP contribution in [0.15, 0.2) is 77.9 Å². The van der Waals surface area contributed by atoms with Gasteiger partial charge in [0.25, 0.3) is 11.6 Å². The van der Waals surface area contributed by atoms with E-state index in [1.54, 1.807) is 18.2 Å². The van der Waals surface area contributed by atoms with Gasteiger partial charge in [-0.2, -0.15) is 16.9 Å². The van der Waals surface area contributed by atoms with Crippen LogP contribution in [0.5, 0.6) is 0 Å². The Kier molecular flexibility index (Phi) is 8.51. The van der Waals surface area contributed by atoms with Gasteiger partial charge in [0, 0.05) is 53.5 Å². The van der Waals surface area contributed by atoms with Crippen molar-refractivity contribution in [2.75, 3.05) is 18.0 Å². The summed E-state index contributed by atoms with van der Waals surface area (Å²) < 4.78 is 0. The van der Waals surface area contributed by atoms with Crippen molar-refractivity contribution < 1.29 is 9.72 Å². The molecule has 0 radical (unpaired) electrons. The summed E-state index contributed by atoms with van der Waals surface area (Å²) >= 11 is 1.83. The zero-order chi connectivity index (χ0) is 24.5. The van der Waals surface area contributed by atoms with Gasteiger partial charge in [-0.3, -0.25) is 14.9 Å². The minimum atomic E-state index is -0.421. The zero-order valence-electron chi connectivity index (χ0n) is 19.4. The van der Waals surface area contributed by atoms with Crippen LogP contribution in [0.3, 0.4) is 0 Å². The summed E-state index contributed by atoms with van der Waals surface area (Å²) in [5, 5.41) is 15.4. The van der Waals surface area contributed by atoms with Crippen LogP contribution in [0.1, 0.15) is 46.3 Å². The highest BCUT2D eigenvalue weighted by Gasteiger charge is 2.17. The molecule has 0 unspecified atom stereocenters. The fraction of sp³-hybridized carbons (Fsp3) is 0.259. The second kappa shape index (κ2) is 12.2. The molecule has 0 saturated carbocycles. The summed E-state index contributed by atoms with van der Waals surface area (Å²) in [7, 11) is 0. The third-order valence-corrected chi connectivity index (χ3v) is 6.96. The van der Waals surface area contributed by atoms with E-state index in [-0.39, 0.29) is 11.6 Å². The van der Waals surface area contributed by atoms with Crippen LogP contribution in [0.2, 0.25) is 0 Å². The maximum atomic E-state index is 12.6. The minimum Gasteiger partial charge on any atom is -0.371 e. The molecule has 0 aromatic heterocycles. The summed E-state index contributed by atoms with van der Waals surface area (Å²) in [5.74, 6) is 1.48. The number of nitrogens with one attached hydrogen (secondary N) is 1. The lowest BCUT2D eigenvalue weighted by Gasteiger charge is -2.29. The average molecular weight is 489 g/mol. The van der Waals surface area contributed by atoms with Crippen LogP contribution >= 0.6 is 11.8 Å². The number of hydrazone groups is 1. The molecule has 180 valence electrons. The fourth-order valence-electron chi connectivity index (χ4n) is 4.02. The quantitative estimate of drug-likeness (QED) is 0.234. The number of hydrogen-bond donors (Lipinski definition) is 1. The standard InChI is InChI=1S/C27H28N4O3S/c32-27(23-11-9-22(10-12-23)20-35-19-21-7-3-1-4-8-21)29-28-18-24-17-25(31(33)34)13-14-26(24)30-15-5-2-6-16-30/h1,3-4,7-14,17-18H,2,5-6,15-16,19-20H2,(H,29,32)/b28-18-. The number of anilines is 1. The molecule has 1 aliphatic heterocycles. The predicted octanol–water partition coefficient (Wildman–Crippen LogP) is 5.78. The molecule has 3 aromatic rings. The van der Waals surface area contributed by atoms with E-state index in [2.05, 4.69) is 27.6 Å². The molecule has 0 bridgehead atoms. The molecular formula is C27H28N4O3S. The normalized spacial score (nSPS) is 13.7. The molecule has 0 spiro atoms. The molecule has 7 nitrogen and oxygen atoms in total. The topological polar surface area (TPSA) is 87.8 Å². The van der Waals surface area contributed by atoms with Crippen molar-refractivity contribution in [1.82, 2.24) is 5.43 Å². The van der Waals surface area contributed by atoms with E-state index in [1.807, 2.05) is 42.1 Å². The summed E-state index contributed by atoms with van der Waals surface area (Å²) in [5.41, 5.74) is 7.00. The number of thioether (sulfide) groups is 1. The van der Waals surface area contributed by atoms with Crippen molar-refractivity contribution in [3.8, 4) is 0 Å². The van der Waals surface area contributed by atoms with E-state index in [4.69, 9.17) is 0 Å². The first-order chi connectivity index (χ1) is 17.1. The molecule has 1 N–H and O–H groups in total. The second-order valence-electron chi connectivity index (χ2n) is 8.42. The highest BCUT2D eigenvalue weighted by molar-refractivity contribution is 7.97. The van der Waals surface area contributed by atoms with E-state index < -0.39 is 4.92 Å². The Bertz CT molecular complexity index is 1180. The van der Waals surface area contributed by atoms with Crippen LogP contribution in [0, 0.1) is 10.1 Å². The Hall–Kier alpha value is -3.65. The molecule has 1 amide bonds. The maximum Gasteiger partial charge on any atom is 0.271 e. The van der Waals surface area contributed by atoms with Crippen molar-refractivity contribution in [3.63, 3.8) is 0 Å². The molecule has 0 aliphatic carbocycles. The largest absolute Gasteiger partial charge is 0.371 e. The molecule has 1 heterocycles. The van der Waals surface area contributed by atoms with Gasteiger partial charge < -0.3 is 4.90 Å². The number of benzene rings is 3. The Balaban J connectivity index is 1.36. The van der Waals surface area contributed by atoms with Gasteiger partial charge in [-0.25, -0.2) is 5.43 Å². The van der Waals surface area contributed by atoms with Crippen molar-refractivity contribution in [1.29, 1.82) is 0 Å². The third-order valence-electron chi connectivity index (χ3n) is 5.88. The SMILES string of the molecule is O=C(N/N=C\c1cc([N+](=O)[O-])ccc1N1CCCCC1)c1ccc(CSCc2ccccc2)cc1. The van der Waals surface area contributed by atoms with Gasteiger partial charge in [0.1, 0.15) is 0 Å². The van der Waals surface area contributed by atoms with E-state index in [0.29, 0.717) is 11.1 Å². The first-order valence-corrected chi connectivity index (χ1v) is 12.8. The minimum absolute atomic E-state index is 0.000686. The lowest BCUT2D eigenvalue weighted by Crippen LogP contribution is -2.30. The van der Waals surface area contributed by atoms with Gasteiger partial charge in [0.15, 0.2) is 0 Å². The number of rotatable bonds is 9. The molecule has 0 atom stereocenters. The van der Waals surface area contributed by atoms with Crippen molar-refractivity contribution in [2.45, 2.75) is 30.8 Å². The van der Waals surface area contributed by atoms with Crippen LogP contribution in [0.25, 0.3) is 0 Å². The van der Waals surface area contributed by atoms with Crippen LogP contribution in [-0.2, 0) is 11.5 Å². The van der Waals surface area contributed by atoms with Gasteiger partial charge in [-0.1, -0.05) is 42.5 Å². The van der Waals surface area contributed by atoms with Gasteiger partial charge >= 0.3 is 0 Å². The molecule has 1 fully saturated rings. The molecular weight excluding hydrogens is 460 g/mol. The number of amides is 1. The Morgan fingerprint density at radius 1 is 0.971 bits per heavy atom. The van der Waals surface area contributed by atoms with E-state index in [0.717, 1.165) is 48.7 Å². The first kappa shape index (κ1) is 24.5. The number of hydrogen-bond acceptors (Lipinski definition) is 6. The number of non-ortho nitro benzene ring substituents is 1. The van der Waals surface area contributed by atoms with Gasteiger partial charge in [0.05, 0.1) is 11.1 Å². The van der Waals surface area contributed by atoms with E-state index in [9.17, 15) is 14.9 Å². The predicted molar refractivity (Wildman–Crippen MR) is 142 cm³/mol. The zero-order valence-corrected chi connectivity index (χ0v) is 20.2. The highest BCUT2D eigenvalue weighted by atomic mass is 32.2. The monoisotopic (exact) mass is 488 g/mol. The summed E-state index contributed by atoms with van der Waals surface area (Å²) in [6.07, 6.45) is 4.85. The number of carbonyl (C=O) groups excluding carboxylic acids is 1. The fourth-order valence-corrected chi connectivity index (χ4v) is 4.98. The molecule has 3 aromatic carbocycles. The van der Waals surface area contributed by atoms with Crippen LogP contribution < -0.4 is 10.3 Å². The summed E-state index contributed by atoms with van der Waals surface area (Å²) in [6.45, 7) is 1.81. The number of piperidine rings is 1. The highest BCUT2D eigenvalue weighted by Crippen LogP contribution is 2.27. The van der Waals surface area contributed by atoms with Gasteiger partial charge in [-0.15, -0.1) is 0 Å². The van der Waals surface area contributed by atoms with E-state index >= 15 is 0 Å².